The maximum Gasteiger partial charge on any atom is 0.240 e. The highest BCUT2D eigenvalue weighted by Gasteiger charge is 2.14. The number of rotatable bonds is 7. The fourth-order valence-corrected chi connectivity index (χ4v) is 2.53. The van der Waals surface area contributed by atoms with E-state index in [0.717, 1.165) is 12.0 Å². The molecule has 0 aliphatic rings. The van der Waals surface area contributed by atoms with Crippen molar-refractivity contribution in [3.8, 4) is 5.75 Å². The van der Waals surface area contributed by atoms with E-state index < -0.39 is 10.0 Å². The smallest absolute Gasteiger partial charge is 0.240 e. The summed E-state index contributed by atoms with van der Waals surface area (Å²) >= 11 is 0. The Kier molecular flexibility index (Phi) is 5.58. The molecule has 1 aromatic carbocycles. The van der Waals surface area contributed by atoms with Crippen molar-refractivity contribution < 1.29 is 18.3 Å². The van der Waals surface area contributed by atoms with Crippen LogP contribution in [0.5, 0.6) is 5.75 Å². The Morgan fingerprint density at radius 3 is 2.67 bits per heavy atom. The van der Waals surface area contributed by atoms with E-state index in [1.165, 1.54) is 6.07 Å². The second-order valence-electron chi connectivity index (χ2n) is 3.90. The number of hydrogen-bond donors (Lipinski definition) is 2. The first-order chi connectivity index (χ1) is 8.51. The lowest BCUT2D eigenvalue weighted by molar-refractivity contribution is 0.301. The van der Waals surface area contributed by atoms with Gasteiger partial charge in [-0.1, -0.05) is 6.92 Å². The number of nitrogens with one attached hydrogen (secondary N) is 1. The topological polar surface area (TPSA) is 75.6 Å². The van der Waals surface area contributed by atoms with Crippen molar-refractivity contribution in [2.45, 2.75) is 25.2 Å². The Morgan fingerprint density at radius 1 is 1.39 bits per heavy atom. The van der Waals surface area contributed by atoms with Crippen LogP contribution in [0.25, 0.3) is 0 Å². The number of aliphatic hydroxyl groups excluding tert-OH is 1. The Bertz CT molecular complexity index is 485. The lowest BCUT2D eigenvalue weighted by Crippen LogP contribution is -2.26. The number of aliphatic hydroxyl groups is 1. The molecule has 2 N–H and O–H groups in total. The van der Waals surface area contributed by atoms with E-state index in [1.54, 1.807) is 19.1 Å². The summed E-state index contributed by atoms with van der Waals surface area (Å²) < 4.78 is 31.4. The van der Waals surface area contributed by atoms with Crippen molar-refractivity contribution >= 4 is 10.0 Å². The molecule has 0 unspecified atom stereocenters. The third kappa shape index (κ3) is 3.97. The molecule has 0 aliphatic heterocycles. The first-order valence-electron chi connectivity index (χ1n) is 5.85. The summed E-state index contributed by atoms with van der Waals surface area (Å²) in [5.74, 6) is 0.693. The van der Waals surface area contributed by atoms with Crippen LogP contribution in [0.15, 0.2) is 23.1 Å². The molecule has 0 amide bonds. The van der Waals surface area contributed by atoms with Gasteiger partial charge in [0, 0.05) is 6.54 Å². The van der Waals surface area contributed by atoms with Crippen LogP contribution < -0.4 is 9.46 Å². The highest BCUT2D eigenvalue weighted by molar-refractivity contribution is 7.89. The zero-order valence-electron chi connectivity index (χ0n) is 10.6. The van der Waals surface area contributed by atoms with Crippen LogP contribution in [-0.2, 0) is 10.0 Å². The lowest BCUT2D eigenvalue weighted by Gasteiger charge is -2.10. The van der Waals surface area contributed by atoms with Gasteiger partial charge in [-0.2, -0.15) is 0 Å². The Hall–Kier alpha value is -1.11. The van der Waals surface area contributed by atoms with Gasteiger partial charge >= 0.3 is 0 Å². The second kappa shape index (κ2) is 6.72. The molecular weight excluding hydrogens is 254 g/mol. The van der Waals surface area contributed by atoms with Crippen LogP contribution in [0.1, 0.15) is 18.9 Å². The highest BCUT2D eigenvalue weighted by atomic mass is 32.2. The first kappa shape index (κ1) is 14.9. The highest BCUT2D eigenvalue weighted by Crippen LogP contribution is 2.21. The minimum absolute atomic E-state index is 0.00939. The maximum atomic E-state index is 11.8. The van der Waals surface area contributed by atoms with E-state index in [-0.39, 0.29) is 18.0 Å². The van der Waals surface area contributed by atoms with Crippen molar-refractivity contribution in [3.05, 3.63) is 23.8 Å². The number of aryl methyl sites for hydroxylation is 1. The first-order valence-corrected chi connectivity index (χ1v) is 7.33. The van der Waals surface area contributed by atoms with Crippen LogP contribution >= 0.6 is 0 Å². The SMILES string of the molecule is CCCOc1ccc(S(=O)(=O)NCCO)cc1C. The summed E-state index contributed by atoms with van der Waals surface area (Å²) in [5.41, 5.74) is 0.773. The predicted octanol–water partition coefficient (Wildman–Crippen LogP) is 1.05. The monoisotopic (exact) mass is 273 g/mol. The summed E-state index contributed by atoms with van der Waals surface area (Å²) in [4.78, 5) is 0.178. The van der Waals surface area contributed by atoms with Gasteiger partial charge in [-0.05, 0) is 37.1 Å². The summed E-state index contributed by atoms with van der Waals surface area (Å²) in [6.07, 6.45) is 0.900. The van der Waals surface area contributed by atoms with E-state index in [4.69, 9.17) is 9.84 Å². The average molecular weight is 273 g/mol. The van der Waals surface area contributed by atoms with Crippen LogP contribution in [0.4, 0.5) is 0 Å². The van der Waals surface area contributed by atoms with E-state index in [9.17, 15) is 8.42 Å². The molecule has 0 fully saturated rings. The summed E-state index contributed by atoms with van der Waals surface area (Å²) in [6, 6.07) is 4.71. The summed E-state index contributed by atoms with van der Waals surface area (Å²) in [6.45, 7) is 4.20. The number of benzene rings is 1. The molecule has 1 aromatic rings. The van der Waals surface area contributed by atoms with Gasteiger partial charge in [-0.3, -0.25) is 0 Å². The molecule has 0 atom stereocenters. The van der Waals surface area contributed by atoms with Gasteiger partial charge in [0.2, 0.25) is 10.0 Å². The van der Waals surface area contributed by atoms with E-state index >= 15 is 0 Å². The average Bonchev–Trinajstić information content (AvgIpc) is 2.35. The molecule has 6 heteroatoms. The molecule has 1 rings (SSSR count). The molecule has 0 radical (unpaired) electrons. The molecule has 0 saturated carbocycles. The van der Waals surface area contributed by atoms with Gasteiger partial charge in [-0.15, -0.1) is 0 Å². The molecule has 0 saturated heterocycles. The van der Waals surface area contributed by atoms with E-state index in [2.05, 4.69) is 4.72 Å². The van der Waals surface area contributed by atoms with Crippen LogP contribution in [0.2, 0.25) is 0 Å². The van der Waals surface area contributed by atoms with E-state index in [0.29, 0.717) is 12.4 Å². The normalized spacial score (nSPS) is 11.5. The van der Waals surface area contributed by atoms with Gasteiger partial charge in [-0.25, -0.2) is 13.1 Å². The Labute approximate surface area is 108 Å². The van der Waals surface area contributed by atoms with Gasteiger partial charge in [0.1, 0.15) is 5.75 Å². The molecule has 0 aliphatic carbocycles. The van der Waals surface area contributed by atoms with Crippen molar-refractivity contribution in [2.24, 2.45) is 0 Å². The predicted molar refractivity (Wildman–Crippen MR) is 69.2 cm³/mol. The fourth-order valence-electron chi connectivity index (χ4n) is 1.43. The van der Waals surface area contributed by atoms with Gasteiger partial charge in [0.15, 0.2) is 0 Å². The lowest BCUT2D eigenvalue weighted by atomic mass is 10.2. The maximum absolute atomic E-state index is 11.8. The zero-order chi connectivity index (χ0) is 13.6. The number of ether oxygens (including phenoxy) is 1. The van der Waals surface area contributed by atoms with Crippen LogP contribution in [0.3, 0.4) is 0 Å². The Balaban J connectivity index is 2.89. The van der Waals surface area contributed by atoms with Crippen LogP contribution in [0, 0.1) is 6.92 Å². The fraction of sp³-hybridized carbons (Fsp3) is 0.500. The van der Waals surface area contributed by atoms with Crippen molar-refractivity contribution in [1.29, 1.82) is 0 Å². The quantitative estimate of drug-likeness (QED) is 0.778. The summed E-state index contributed by atoms with van der Waals surface area (Å²) in [7, 11) is -3.55. The summed E-state index contributed by atoms with van der Waals surface area (Å²) in [5, 5.41) is 8.63. The third-order valence-electron chi connectivity index (χ3n) is 2.32. The second-order valence-corrected chi connectivity index (χ2v) is 5.66. The van der Waals surface area contributed by atoms with Crippen molar-refractivity contribution in [2.75, 3.05) is 19.8 Å². The minimum atomic E-state index is -3.55. The zero-order valence-corrected chi connectivity index (χ0v) is 11.5. The molecule has 0 bridgehead atoms. The number of hydrogen-bond acceptors (Lipinski definition) is 4. The third-order valence-corrected chi connectivity index (χ3v) is 3.78. The largest absolute Gasteiger partial charge is 0.493 e. The molecule has 102 valence electrons. The molecule has 18 heavy (non-hydrogen) atoms. The number of sulfonamides is 1. The molecule has 0 heterocycles. The molecule has 0 aromatic heterocycles. The minimum Gasteiger partial charge on any atom is -0.493 e. The molecular formula is C12H19NO4S. The molecule has 0 spiro atoms. The van der Waals surface area contributed by atoms with Crippen molar-refractivity contribution in [1.82, 2.24) is 4.72 Å². The van der Waals surface area contributed by atoms with Crippen molar-refractivity contribution in [3.63, 3.8) is 0 Å². The van der Waals surface area contributed by atoms with Gasteiger partial charge in [0.05, 0.1) is 18.1 Å². The molecule has 5 nitrogen and oxygen atoms in total. The standard InChI is InChI=1S/C12H19NO4S/c1-3-8-17-12-5-4-11(9-10(12)2)18(15,16)13-6-7-14/h4-5,9,13-14H,3,6-8H2,1-2H3. The van der Waals surface area contributed by atoms with E-state index in [1.807, 2.05) is 6.92 Å². The van der Waals surface area contributed by atoms with Gasteiger partial charge in [0.25, 0.3) is 0 Å². The Morgan fingerprint density at radius 2 is 2.11 bits per heavy atom. The van der Waals surface area contributed by atoms with Gasteiger partial charge < -0.3 is 9.84 Å². The van der Waals surface area contributed by atoms with Crippen LogP contribution in [-0.4, -0.2) is 33.3 Å².